The maximum Gasteiger partial charge on any atom is 0.250 e. The van der Waals surface area contributed by atoms with Crippen LogP contribution in [0, 0.1) is 0 Å². The van der Waals surface area contributed by atoms with E-state index in [-0.39, 0.29) is 17.1 Å². The molecule has 0 aliphatic carbocycles. The van der Waals surface area contributed by atoms with Gasteiger partial charge in [-0.1, -0.05) is 68.9 Å². The van der Waals surface area contributed by atoms with Crippen molar-refractivity contribution >= 4 is 34.9 Å². The van der Waals surface area contributed by atoms with Crippen molar-refractivity contribution in [1.29, 1.82) is 0 Å². The highest BCUT2D eigenvalue weighted by Crippen LogP contribution is 2.24. The number of imidazole rings is 1. The fraction of sp³-hybridized carbons (Fsp3) is 0.318. The number of hydrazone groups is 1. The monoisotopic (exact) mass is 394 g/mol. The summed E-state index contributed by atoms with van der Waals surface area (Å²) in [7, 11) is 0. The lowest BCUT2D eigenvalue weighted by molar-refractivity contribution is -0.118. The molecule has 0 bridgehead atoms. The zero-order valence-electron chi connectivity index (χ0n) is 16.8. The molecule has 0 saturated heterocycles. The average molecular weight is 395 g/mol. The number of nitrogens with zero attached hydrogens (tertiary/aromatic N) is 3. The normalized spacial score (nSPS) is 12.0. The predicted molar refractivity (Wildman–Crippen MR) is 117 cm³/mol. The Labute approximate surface area is 170 Å². The Morgan fingerprint density at radius 3 is 2.57 bits per heavy atom. The van der Waals surface area contributed by atoms with Crippen molar-refractivity contribution in [2.45, 2.75) is 44.8 Å². The third kappa shape index (κ3) is 4.81. The number of hydrogen-bond donors (Lipinski definition) is 1. The van der Waals surface area contributed by atoms with Crippen molar-refractivity contribution in [2.75, 3.05) is 5.75 Å². The maximum absolute atomic E-state index is 12.1. The van der Waals surface area contributed by atoms with Crippen LogP contribution in [0.4, 0.5) is 0 Å². The summed E-state index contributed by atoms with van der Waals surface area (Å²) in [4.78, 5) is 16.7. The van der Waals surface area contributed by atoms with Gasteiger partial charge in [-0.15, -0.1) is 0 Å². The van der Waals surface area contributed by atoms with Crippen LogP contribution in [0.2, 0.25) is 0 Å². The summed E-state index contributed by atoms with van der Waals surface area (Å²) in [6.07, 6.45) is 1.66. The highest BCUT2D eigenvalue weighted by Gasteiger charge is 2.13. The molecular formula is C22H26N4OS. The van der Waals surface area contributed by atoms with Crippen molar-refractivity contribution in [3.63, 3.8) is 0 Å². The van der Waals surface area contributed by atoms with E-state index in [2.05, 4.69) is 59.9 Å². The molecule has 28 heavy (non-hydrogen) atoms. The predicted octanol–water partition coefficient (Wildman–Crippen LogP) is 4.60. The van der Waals surface area contributed by atoms with Crippen LogP contribution in [-0.4, -0.2) is 27.4 Å². The molecule has 0 saturated carbocycles. The van der Waals surface area contributed by atoms with E-state index < -0.39 is 0 Å². The molecule has 0 fully saturated rings. The highest BCUT2D eigenvalue weighted by molar-refractivity contribution is 7.99. The van der Waals surface area contributed by atoms with Gasteiger partial charge >= 0.3 is 0 Å². The average Bonchev–Trinajstić information content (AvgIpc) is 3.03. The van der Waals surface area contributed by atoms with Gasteiger partial charge in [0.05, 0.1) is 23.0 Å². The van der Waals surface area contributed by atoms with Gasteiger partial charge < -0.3 is 4.57 Å². The van der Waals surface area contributed by atoms with Crippen molar-refractivity contribution in [3.05, 3.63) is 59.7 Å². The largest absolute Gasteiger partial charge is 0.319 e. The Kier molecular flexibility index (Phi) is 6.19. The molecule has 2 aromatic carbocycles. The fourth-order valence-corrected chi connectivity index (χ4v) is 3.75. The van der Waals surface area contributed by atoms with Gasteiger partial charge in [0.2, 0.25) is 0 Å². The molecule has 6 heteroatoms. The summed E-state index contributed by atoms with van der Waals surface area (Å²) in [5.74, 6) is 0.117. The quantitative estimate of drug-likeness (QED) is 0.378. The molecule has 3 aromatic rings. The van der Waals surface area contributed by atoms with Gasteiger partial charge in [0, 0.05) is 6.54 Å². The van der Waals surface area contributed by atoms with E-state index >= 15 is 0 Å². The molecular weight excluding hydrogens is 368 g/mol. The molecule has 0 atom stereocenters. The first-order chi connectivity index (χ1) is 13.4. The van der Waals surface area contributed by atoms with Crippen LogP contribution < -0.4 is 5.43 Å². The van der Waals surface area contributed by atoms with E-state index in [0.29, 0.717) is 0 Å². The standard InChI is InChI=1S/C22H26N4OS/c1-5-26-19-9-7-6-8-18(19)24-21(26)28-15-20(27)25-23-14-16-10-12-17(13-11-16)22(2,3)4/h6-14H,5,15H2,1-4H3,(H,25,27)/b23-14+. The fourth-order valence-electron chi connectivity index (χ4n) is 2.88. The molecule has 1 amide bonds. The van der Waals surface area contributed by atoms with E-state index in [1.165, 1.54) is 17.3 Å². The summed E-state index contributed by atoms with van der Waals surface area (Å²) in [6, 6.07) is 16.2. The number of para-hydroxylation sites is 2. The number of carbonyl (C=O) groups is 1. The van der Waals surface area contributed by atoms with Gasteiger partial charge in [-0.05, 0) is 35.6 Å². The summed E-state index contributed by atoms with van der Waals surface area (Å²) >= 11 is 1.42. The SMILES string of the molecule is CCn1c(SCC(=O)N/N=C/c2ccc(C(C)(C)C)cc2)nc2ccccc21. The van der Waals surface area contributed by atoms with Gasteiger partial charge in [0.15, 0.2) is 5.16 Å². The molecule has 0 spiro atoms. The van der Waals surface area contributed by atoms with Crippen LogP contribution in [0.1, 0.15) is 38.8 Å². The molecule has 1 heterocycles. The number of amides is 1. The van der Waals surface area contributed by atoms with E-state index in [0.717, 1.165) is 28.3 Å². The Bertz CT molecular complexity index is 984. The maximum atomic E-state index is 12.1. The zero-order valence-corrected chi connectivity index (χ0v) is 17.6. The molecule has 0 aliphatic rings. The first-order valence-electron chi connectivity index (χ1n) is 9.39. The number of aromatic nitrogens is 2. The number of aryl methyl sites for hydroxylation is 1. The summed E-state index contributed by atoms with van der Waals surface area (Å²) in [6.45, 7) is 9.43. The number of rotatable bonds is 6. The van der Waals surface area contributed by atoms with Crippen LogP contribution in [0.15, 0.2) is 58.8 Å². The van der Waals surface area contributed by atoms with Crippen LogP contribution >= 0.6 is 11.8 Å². The van der Waals surface area contributed by atoms with Crippen molar-refractivity contribution < 1.29 is 4.79 Å². The first kappa shape index (κ1) is 20.1. The van der Waals surface area contributed by atoms with E-state index in [1.54, 1.807) is 6.21 Å². The Morgan fingerprint density at radius 1 is 1.18 bits per heavy atom. The van der Waals surface area contributed by atoms with Crippen LogP contribution in [0.25, 0.3) is 11.0 Å². The Balaban J connectivity index is 1.56. The number of fused-ring (bicyclic) bond motifs is 1. The molecule has 5 nitrogen and oxygen atoms in total. The summed E-state index contributed by atoms with van der Waals surface area (Å²) in [5, 5.41) is 4.91. The minimum Gasteiger partial charge on any atom is -0.319 e. The van der Waals surface area contributed by atoms with Crippen molar-refractivity contribution in [3.8, 4) is 0 Å². The second-order valence-electron chi connectivity index (χ2n) is 7.58. The minimum atomic E-state index is -0.151. The molecule has 1 N–H and O–H groups in total. The molecule has 146 valence electrons. The number of hydrogen-bond acceptors (Lipinski definition) is 4. The summed E-state index contributed by atoms with van der Waals surface area (Å²) in [5.41, 5.74) is 6.97. The van der Waals surface area contributed by atoms with Gasteiger partial charge in [0.25, 0.3) is 5.91 Å². The second kappa shape index (κ2) is 8.61. The number of carbonyl (C=O) groups excluding carboxylic acids is 1. The Morgan fingerprint density at radius 2 is 1.89 bits per heavy atom. The first-order valence-corrected chi connectivity index (χ1v) is 10.4. The van der Waals surface area contributed by atoms with Crippen LogP contribution in [0.3, 0.4) is 0 Å². The number of benzene rings is 2. The molecule has 0 unspecified atom stereocenters. The number of nitrogens with one attached hydrogen (secondary N) is 1. The lowest BCUT2D eigenvalue weighted by Crippen LogP contribution is -2.20. The van der Waals surface area contributed by atoms with Crippen molar-refractivity contribution in [2.24, 2.45) is 5.10 Å². The van der Waals surface area contributed by atoms with Crippen molar-refractivity contribution in [1.82, 2.24) is 15.0 Å². The van der Waals surface area contributed by atoms with E-state index in [4.69, 9.17) is 0 Å². The number of thioether (sulfide) groups is 1. The van der Waals surface area contributed by atoms with Crippen LogP contribution in [-0.2, 0) is 16.8 Å². The molecule has 3 rings (SSSR count). The van der Waals surface area contributed by atoms with Crippen LogP contribution in [0.5, 0.6) is 0 Å². The van der Waals surface area contributed by atoms with E-state index in [1.807, 2.05) is 36.4 Å². The molecule has 1 aromatic heterocycles. The van der Waals surface area contributed by atoms with Gasteiger partial charge in [0.1, 0.15) is 0 Å². The lowest BCUT2D eigenvalue weighted by atomic mass is 9.87. The molecule has 0 aliphatic heterocycles. The zero-order chi connectivity index (χ0) is 20.1. The lowest BCUT2D eigenvalue weighted by Gasteiger charge is -2.18. The third-order valence-corrected chi connectivity index (χ3v) is 5.42. The van der Waals surface area contributed by atoms with E-state index in [9.17, 15) is 4.79 Å². The highest BCUT2D eigenvalue weighted by atomic mass is 32.2. The second-order valence-corrected chi connectivity index (χ2v) is 8.52. The topological polar surface area (TPSA) is 59.3 Å². The third-order valence-electron chi connectivity index (χ3n) is 4.45. The Hall–Kier alpha value is -2.60. The van der Waals surface area contributed by atoms with Gasteiger partial charge in [-0.2, -0.15) is 5.10 Å². The van der Waals surface area contributed by atoms with Gasteiger partial charge in [-0.25, -0.2) is 10.4 Å². The van der Waals surface area contributed by atoms with Gasteiger partial charge in [-0.3, -0.25) is 4.79 Å². The molecule has 0 radical (unpaired) electrons. The smallest absolute Gasteiger partial charge is 0.250 e. The minimum absolute atomic E-state index is 0.121. The summed E-state index contributed by atoms with van der Waals surface area (Å²) < 4.78 is 2.12.